The summed E-state index contributed by atoms with van der Waals surface area (Å²) in [6.07, 6.45) is 0. The Morgan fingerprint density at radius 1 is 1.08 bits per heavy atom. The molecule has 0 radical (unpaired) electrons. The largest absolute Gasteiger partial charge is 0.481 e. The summed E-state index contributed by atoms with van der Waals surface area (Å²) in [5.41, 5.74) is 0.376. The zero-order chi connectivity index (χ0) is 17.1. The second-order valence-corrected chi connectivity index (χ2v) is 5.27. The highest BCUT2D eigenvalue weighted by molar-refractivity contribution is 5.65. The van der Waals surface area contributed by atoms with Gasteiger partial charge in [-0.05, 0) is 24.6 Å². The Bertz CT molecular complexity index is 916. The van der Waals surface area contributed by atoms with Gasteiger partial charge in [-0.1, -0.05) is 42.5 Å². The van der Waals surface area contributed by atoms with Gasteiger partial charge in [0.15, 0.2) is 5.76 Å². The predicted molar refractivity (Wildman–Crippen MR) is 87.5 cm³/mol. The van der Waals surface area contributed by atoms with Crippen molar-refractivity contribution >= 4 is 0 Å². The molecule has 0 atom stereocenters. The molecule has 1 N–H and O–H groups in total. The van der Waals surface area contributed by atoms with E-state index in [2.05, 4.69) is 0 Å². The van der Waals surface area contributed by atoms with E-state index in [0.29, 0.717) is 0 Å². The molecule has 1 heterocycles. The molecule has 0 spiro atoms. The minimum Gasteiger partial charge on any atom is -0.481 e. The van der Waals surface area contributed by atoms with Crippen molar-refractivity contribution in [1.82, 2.24) is 0 Å². The molecule has 0 saturated carbocycles. The lowest BCUT2D eigenvalue weighted by atomic mass is 10.1. The van der Waals surface area contributed by atoms with Crippen LogP contribution in [0.4, 0.5) is 4.39 Å². The van der Waals surface area contributed by atoms with Crippen LogP contribution in [0.2, 0.25) is 0 Å². The van der Waals surface area contributed by atoms with E-state index >= 15 is 0 Å². The van der Waals surface area contributed by atoms with E-state index in [-0.39, 0.29) is 29.2 Å². The predicted octanol–water partition coefficient (Wildman–Crippen LogP) is 4.04. The third-order valence-corrected chi connectivity index (χ3v) is 3.62. The summed E-state index contributed by atoms with van der Waals surface area (Å²) in [5, 5.41) is 9.80. The molecule has 5 heteroatoms. The Balaban J connectivity index is 2.08. The number of hydrogen-bond acceptors (Lipinski definition) is 4. The highest BCUT2D eigenvalue weighted by Gasteiger charge is 2.21. The molecule has 0 fully saturated rings. The Labute approximate surface area is 137 Å². The molecule has 0 saturated heterocycles. The van der Waals surface area contributed by atoms with Crippen LogP contribution in [-0.4, -0.2) is 5.11 Å². The summed E-state index contributed by atoms with van der Waals surface area (Å²) in [4.78, 5) is 12.4. The fourth-order valence-electron chi connectivity index (χ4n) is 2.27. The van der Waals surface area contributed by atoms with Crippen molar-refractivity contribution in [3.05, 3.63) is 81.8 Å². The van der Waals surface area contributed by atoms with Crippen molar-refractivity contribution < 1.29 is 18.7 Å². The van der Waals surface area contributed by atoms with Crippen LogP contribution in [-0.2, 0) is 6.61 Å². The highest BCUT2D eigenvalue weighted by atomic mass is 19.1. The monoisotopic (exact) mass is 326 g/mol. The Hall–Kier alpha value is -3.08. The van der Waals surface area contributed by atoms with Crippen LogP contribution in [0, 0.1) is 12.7 Å². The van der Waals surface area contributed by atoms with Gasteiger partial charge in [0.05, 0.1) is 11.1 Å². The van der Waals surface area contributed by atoms with E-state index in [1.165, 1.54) is 25.1 Å². The zero-order valence-corrected chi connectivity index (χ0v) is 13.0. The van der Waals surface area contributed by atoms with Gasteiger partial charge in [0.25, 0.3) is 5.95 Å². The number of rotatable bonds is 4. The molecule has 2 aromatic carbocycles. The van der Waals surface area contributed by atoms with Gasteiger partial charge in [0, 0.05) is 0 Å². The molecule has 4 nitrogen and oxygen atoms in total. The van der Waals surface area contributed by atoms with Gasteiger partial charge < -0.3 is 14.3 Å². The Morgan fingerprint density at radius 2 is 1.75 bits per heavy atom. The number of aromatic hydroxyl groups is 1. The molecule has 0 amide bonds. The SMILES string of the molecule is Cc1c(O)oc(-c2ccccc2F)c(OCc2ccccc2)c1=O. The first-order valence-corrected chi connectivity index (χ1v) is 7.36. The van der Waals surface area contributed by atoms with Crippen molar-refractivity contribution in [1.29, 1.82) is 0 Å². The molecule has 122 valence electrons. The molecule has 0 aliphatic heterocycles. The number of benzene rings is 2. The second kappa shape index (κ2) is 6.58. The van der Waals surface area contributed by atoms with E-state index in [1.54, 1.807) is 6.07 Å². The van der Waals surface area contributed by atoms with Crippen LogP contribution in [0.25, 0.3) is 11.3 Å². The molecule has 0 aliphatic rings. The zero-order valence-electron chi connectivity index (χ0n) is 13.0. The summed E-state index contributed by atoms with van der Waals surface area (Å²) in [6.45, 7) is 1.54. The molecule has 3 rings (SSSR count). The van der Waals surface area contributed by atoms with Gasteiger partial charge in [0.2, 0.25) is 11.2 Å². The third kappa shape index (κ3) is 3.01. The Kier molecular flexibility index (Phi) is 4.33. The maximum absolute atomic E-state index is 14.1. The summed E-state index contributed by atoms with van der Waals surface area (Å²) < 4.78 is 25.0. The molecule has 0 unspecified atom stereocenters. The molecule has 1 aromatic heterocycles. The van der Waals surface area contributed by atoms with Crippen molar-refractivity contribution in [2.75, 3.05) is 0 Å². The van der Waals surface area contributed by atoms with Gasteiger partial charge in [-0.15, -0.1) is 0 Å². The minimum atomic E-state index is -0.575. The molecule has 0 aliphatic carbocycles. The fraction of sp³-hybridized carbons (Fsp3) is 0.105. The van der Waals surface area contributed by atoms with Crippen molar-refractivity contribution in [2.45, 2.75) is 13.5 Å². The van der Waals surface area contributed by atoms with Crippen LogP contribution < -0.4 is 10.2 Å². The Morgan fingerprint density at radius 3 is 2.46 bits per heavy atom. The molecule has 3 aromatic rings. The first-order valence-electron chi connectivity index (χ1n) is 7.36. The second-order valence-electron chi connectivity index (χ2n) is 5.27. The summed E-state index contributed by atoms with van der Waals surface area (Å²) in [6, 6.07) is 15.1. The van der Waals surface area contributed by atoms with E-state index in [1.807, 2.05) is 30.3 Å². The topological polar surface area (TPSA) is 59.7 Å². The molecule has 24 heavy (non-hydrogen) atoms. The van der Waals surface area contributed by atoms with Crippen LogP contribution in [0.1, 0.15) is 11.1 Å². The normalized spacial score (nSPS) is 10.6. The van der Waals surface area contributed by atoms with E-state index in [9.17, 15) is 14.3 Å². The van der Waals surface area contributed by atoms with Gasteiger partial charge in [0.1, 0.15) is 12.4 Å². The van der Waals surface area contributed by atoms with Gasteiger partial charge in [-0.25, -0.2) is 4.39 Å². The van der Waals surface area contributed by atoms with Crippen molar-refractivity contribution in [2.24, 2.45) is 0 Å². The molecular weight excluding hydrogens is 311 g/mol. The quantitative estimate of drug-likeness (QED) is 0.786. The average Bonchev–Trinajstić information content (AvgIpc) is 2.60. The molecule has 0 bridgehead atoms. The van der Waals surface area contributed by atoms with Crippen LogP contribution in [0.5, 0.6) is 11.7 Å². The van der Waals surface area contributed by atoms with Crippen molar-refractivity contribution in [3.8, 4) is 23.0 Å². The van der Waals surface area contributed by atoms with E-state index in [4.69, 9.17) is 9.15 Å². The molecular formula is C19H15FO4. The average molecular weight is 326 g/mol. The lowest BCUT2D eigenvalue weighted by molar-refractivity contribution is 0.275. The lowest BCUT2D eigenvalue weighted by Crippen LogP contribution is -2.12. The number of hydrogen-bond donors (Lipinski definition) is 1. The highest BCUT2D eigenvalue weighted by Crippen LogP contribution is 2.33. The van der Waals surface area contributed by atoms with Gasteiger partial charge >= 0.3 is 0 Å². The summed E-state index contributed by atoms with van der Waals surface area (Å²) >= 11 is 0. The smallest absolute Gasteiger partial charge is 0.289 e. The third-order valence-electron chi connectivity index (χ3n) is 3.62. The number of ether oxygens (including phenoxy) is 1. The number of halogens is 1. The van der Waals surface area contributed by atoms with Crippen molar-refractivity contribution in [3.63, 3.8) is 0 Å². The standard InChI is InChI=1S/C19H15FO4/c1-12-16(21)18(23-11-13-7-3-2-4-8-13)17(24-19(12)22)14-9-5-6-10-15(14)20/h2-10,22H,11H2,1H3. The first-order chi connectivity index (χ1) is 11.6. The minimum absolute atomic E-state index is 0.0122. The lowest BCUT2D eigenvalue weighted by Gasteiger charge is -2.12. The first kappa shape index (κ1) is 15.8. The summed E-state index contributed by atoms with van der Waals surface area (Å²) in [5.74, 6) is -1.38. The van der Waals surface area contributed by atoms with E-state index < -0.39 is 17.2 Å². The van der Waals surface area contributed by atoms with Crippen LogP contribution >= 0.6 is 0 Å². The van der Waals surface area contributed by atoms with Crippen LogP contribution in [0.3, 0.4) is 0 Å². The van der Waals surface area contributed by atoms with Gasteiger partial charge in [-0.3, -0.25) is 4.79 Å². The van der Waals surface area contributed by atoms with Crippen LogP contribution in [0.15, 0.2) is 63.8 Å². The maximum Gasteiger partial charge on any atom is 0.289 e. The van der Waals surface area contributed by atoms with E-state index in [0.717, 1.165) is 5.56 Å². The van der Waals surface area contributed by atoms with Gasteiger partial charge in [-0.2, -0.15) is 0 Å². The fourth-order valence-corrected chi connectivity index (χ4v) is 2.27. The maximum atomic E-state index is 14.1. The summed E-state index contributed by atoms with van der Waals surface area (Å²) in [7, 11) is 0.